The van der Waals surface area contributed by atoms with E-state index >= 15 is 0 Å². The number of rotatable bonds is 4. The van der Waals surface area contributed by atoms with Gasteiger partial charge in [-0.1, -0.05) is 42.5 Å². The van der Waals surface area contributed by atoms with Gasteiger partial charge in [0.15, 0.2) is 9.84 Å². The lowest BCUT2D eigenvalue weighted by Gasteiger charge is -2.36. The molecule has 2 aromatic rings. The normalized spacial score (nSPS) is 19.6. The predicted octanol–water partition coefficient (Wildman–Crippen LogP) is 2.24. The molecule has 0 radical (unpaired) electrons. The van der Waals surface area contributed by atoms with E-state index in [2.05, 4.69) is 34.5 Å². The van der Waals surface area contributed by atoms with E-state index in [9.17, 15) is 8.42 Å². The van der Waals surface area contributed by atoms with Crippen LogP contribution in [0.4, 0.5) is 0 Å². The molecule has 1 fully saturated rings. The Labute approximate surface area is 138 Å². The smallest absolute Gasteiger partial charge is 0.175 e. The van der Waals surface area contributed by atoms with Crippen LogP contribution >= 0.6 is 0 Å². The largest absolute Gasteiger partial charge is 0.314 e. The molecule has 1 heterocycles. The first-order valence-electron chi connectivity index (χ1n) is 7.83. The van der Waals surface area contributed by atoms with Gasteiger partial charge < -0.3 is 5.32 Å². The molecule has 0 aliphatic carbocycles. The van der Waals surface area contributed by atoms with Gasteiger partial charge in [0.25, 0.3) is 0 Å². The highest BCUT2D eigenvalue weighted by molar-refractivity contribution is 7.90. The number of benzene rings is 2. The number of hydrogen-bond donors (Lipinski definition) is 1. The highest BCUT2D eigenvalue weighted by atomic mass is 32.2. The Morgan fingerprint density at radius 3 is 2.43 bits per heavy atom. The van der Waals surface area contributed by atoms with Crippen molar-refractivity contribution in [3.05, 3.63) is 65.7 Å². The molecule has 1 N–H and O–H groups in total. The van der Waals surface area contributed by atoms with Crippen molar-refractivity contribution < 1.29 is 8.42 Å². The summed E-state index contributed by atoms with van der Waals surface area (Å²) >= 11 is 0. The monoisotopic (exact) mass is 330 g/mol. The number of nitrogens with one attached hydrogen (secondary N) is 1. The molecule has 1 aliphatic rings. The van der Waals surface area contributed by atoms with E-state index < -0.39 is 9.84 Å². The molecule has 5 heteroatoms. The molecule has 2 aromatic carbocycles. The molecule has 1 saturated heterocycles. The molecule has 122 valence electrons. The predicted molar refractivity (Wildman–Crippen MR) is 92.0 cm³/mol. The molecule has 0 spiro atoms. The van der Waals surface area contributed by atoms with Gasteiger partial charge in [0.2, 0.25) is 0 Å². The van der Waals surface area contributed by atoms with Crippen LogP contribution in [0.2, 0.25) is 0 Å². The average molecular weight is 330 g/mol. The third-order valence-corrected chi connectivity index (χ3v) is 5.40. The van der Waals surface area contributed by atoms with Gasteiger partial charge in [-0.05, 0) is 23.3 Å². The highest BCUT2D eigenvalue weighted by Crippen LogP contribution is 2.24. The van der Waals surface area contributed by atoms with Crippen molar-refractivity contribution in [2.24, 2.45) is 0 Å². The minimum Gasteiger partial charge on any atom is -0.314 e. The molecular formula is C18H22N2O2S. The van der Waals surface area contributed by atoms with E-state index in [-0.39, 0.29) is 0 Å². The Kier molecular flexibility index (Phi) is 4.80. The fourth-order valence-electron chi connectivity index (χ4n) is 3.02. The van der Waals surface area contributed by atoms with Gasteiger partial charge in [0, 0.05) is 38.5 Å². The second-order valence-corrected chi connectivity index (χ2v) is 8.03. The zero-order valence-electron chi connectivity index (χ0n) is 13.3. The Balaban J connectivity index is 1.77. The summed E-state index contributed by atoms with van der Waals surface area (Å²) < 4.78 is 23.1. The van der Waals surface area contributed by atoms with Crippen molar-refractivity contribution in [2.75, 3.05) is 25.9 Å². The van der Waals surface area contributed by atoms with Crippen LogP contribution < -0.4 is 5.32 Å². The number of sulfone groups is 1. The maximum absolute atomic E-state index is 11.6. The van der Waals surface area contributed by atoms with Crippen molar-refractivity contribution in [1.82, 2.24) is 10.2 Å². The van der Waals surface area contributed by atoms with E-state index in [4.69, 9.17) is 0 Å². The minimum atomic E-state index is -3.13. The van der Waals surface area contributed by atoms with Crippen LogP contribution in [0.5, 0.6) is 0 Å². The lowest BCUT2D eigenvalue weighted by molar-refractivity contribution is 0.153. The second-order valence-electron chi connectivity index (χ2n) is 6.02. The van der Waals surface area contributed by atoms with Gasteiger partial charge in [-0.15, -0.1) is 0 Å². The first-order valence-corrected chi connectivity index (χ1v) is 9.72. The van der Waals surface area contributed by atoms with Crippen molar-refractivity contribution in [3.63, 3.8) is 0 Å². The molecule has 0 amide bonds. The average Bonchev–Trinajstić information content (AvgIpc) is 2.56. The quantitative estimate of drug-likeness (QED) is 0.934. The first kappa shape index (κ1) is 16.2. The Hall–Kier alpha value is -1.69. The molecule has 0 unspecified atom stereocenters. The van der Waals surface area contributed by atoms with Crippen molar-refractivity contribution >= 4 is 9.84 Å². The van der Waals surface area contributed by atoms with E-state index in [1.54, 1.807) is 12.1 Å². The first-order chi connectivity index (χ1) is 11.0. The van der Waals surface area contributed by atoms with Gasteiger partial charge in [0.1, 0.15) is 0 Å². The number of hydrogen-bond acceptors (Lipinski definition) is 4. The highest BCUT2D eigenvalue weighted by Gasteiger charge is 2.23. The molecule has 3 rings (SSSR count). The Bertz CT molecular complexity index is 742. The third-order valence-electron chi connectivity index (χ3n) is 4.28. The zero-order valence-corrected chi connectivity index (χ0v) is 14.1. The van der Waals surface area contributed by atoms with Gasteiger partial charge in [0.05, 0.1) is 4.90 Å². The summed E-state index contributed by atoms with van der Waals surface area (Å²) in [5.74, 6) is 0. The Morgan fingerprint density at radius 1 is 1.09 bits per heavy atom. The molecule has 1 aliphatic heterocycles. The minimum absolute atomic E-state index is 0.347. The lowest BCUT2D eigenvalue weighted by Crippen LogP contribution is -2.45. The maximum atomic E-state index is 11.6. The fourth-order valence-corrected chi connectivity index (χ4v) is 3.65. The van der Waals surface area contributed by atoms with Crippen molar-refractivity contribution in [2.45, 2.75) is 17.5 Å². The van der Waals surface area contributed by atoms with Crippen LogP contribution in [0.25, 0.3) is 0 Å². The summed E-state index contributed by atoms with van der Waals surface area (Å²) in [4.78, 5) is 2.82. The summed E-state index contributed by atoms with van der Waals surface area (Å²) in [6.07, 6.45) is 1.24. The van der Waals surface area contributed by atoms with Crippen LogP contribution in [0.3, 0.4) is 0 Å². The summed E-state index contributed by atoms with van der Waals surface area (Å²) in [5, 5.41) is 3.46. The molecule has 1 atom stereocenters. The Morgan fingerprint density at radius 2 is 1.78 bits per heavy atom. The fraction of sp³-hybridized carbons (Fsp3) is 0.333. The molecule has 0 aromatic heterocycles. The molecule has 0 bridgehead atoms. The van der Waals surface area contributed by atoms with Crippen LogP contribution in [0.1, 0.15) is 17.2 Å². The van der Waals surface area contributed by atoms with E-state index in [1.807, 2.05) is 18.2 Å². The summed E-state index contributed by atoms with van der Waals surface area (Å²) in [6, 6.07) is 18.1. The van der Waals surface area contributed by atoms with E-state index in [1.165, 1.54) is 11.8 Å². The molecule has 0 saturated carbocycles. The van der Waals surface area contributed by atoms with E-state index in [0.29, 0.717) is 10.9 Å². The molecule has 23 heavy (non-hydrogen) atoms. The maximum Gasteiger partial charge on any atom is 0.175 e. The van der Waals surface area contributed by atoms with Crippen LogP contribution in [0, 0.1) is 0 Å². The van der Waals surface area contributed by atoms with E-state index in [0.717, 1.165) is 31.7 Å². The lowest BCUT2D eigenvalue weighted by atomic mass is 10.0. The SMILES string of the molecule is CS(=O)(=O)c1ccc(CN2CCNC[C@H]2c2ccccc2)cc1. The summed E-state index contributed by atoms with van der Waals surface area (Å²) in [5.41, 5.74) is 2.45. The van der Waals surface area contributed by atoms with Gasteiger partial charge in [-0.2, -0.15) is 0 Å². The van der Waals surface area contributed by atoms with Crippen LogP contribution in [-0.2, 0) is 16.4 Å². The van der Waals surface area contributed by atoms with Gasteiger partial charge in [-0.25, -0.2) is 8.42 Å². The summed E-state index contributed by atoms with van der Waals surface area (Å²) in [6.45, 7) is 3.72. The van der Waals surface area contributed by atoms with Crippen LogP contribution in [-0.4, -0.2) is 39.2 Å². The van der Waals surface area contributed by atoms with Gasteiger partial charge in [-0.3, -0.25) is 4.90 Å². The number of piperazine rings is 1. The standard InChI is InChI=1S/C18H22N2O2S/c1-23(21,22)17-9-7-15(8-10-17)14-20-12-11-19-13-18(20)16-5-3-2-4-6-16/h2-10,18-19H,11-14H2,1H3/t18-/m0/s1. The molecule has 4 nitrogen and oxygen atoms in total. The molecular weight excluding hydrogens is 308 g/mol. The zero-order chi connectivity index (χ0) is 16.3. The number of nitrogens with zero attached hydrogens (tertiary/aromatic N) is 1. The second kappa shape index (κ2) is 6.83. The summed E-state index contributed by atoms with van der Waals surface area (Å²) in [7, 11) is -3.13. The van der Waals surface area contributed by atoms with Crippen LogP contribution in [0.15, 0.2) is 59.5 Å². The third kappa shape index (κ3) is 3.99. The van der Waals surface area contributed by atoms with Crippen molar-refractivity contribution in [1.29, 1.82) is 0 Å². The van der Waals surface area contributed by atoms with Gasteiger partial charge >= 0.3 is 0 Å². The van der Waals surface area contributed by atoms with Crippen molar-refractivity contribution in [3.8, 4) is 0 Å². The topological polar surface area (TPSA) is 49.4 Å².